The lowest BCUT2D eigenvalue weighted by Crippen LogP contribution is -2.32. The Hall–Kier alpha value is -1.85. The van der Waals surface area contributed by atoms with Crippen molar-refractivity contribution in [1.29, 1.82) is 0 Å². The summed E-state index contributed by atoms with van der Waals surface area (Å²) in [6.07, 6.45) is 0. The number of thioether (sulfide) groups is 1. The van der Waals surface area contributed by atoms with Gasteiger partial charge in [-0.2, -0.15) is 0 Å². The van der Waals surface area contributed by atoms with Crippen LogP contribution in [0.2, 0.25) is 0 Å². The molecule has 1 heterocycles. The van der Waals surface area contributed by atoms with Gasteiger partial charge in [0.15, 0.2) is 0 Å². The number of rotatable bonds is 5. The number of carbonyl (C=O) groups excluding carboxylic acids is 1. The number of benzene rings is 2. The minimum Gasteiger partial charge on any atom is -0.338 e. The number of hydrogen-bond acceptors (Lipinski definition) is 4. The molecule has 0 saturated heterocycles. The Kier molecular flexibility index (Phi) is 5.21. The first-order valence-corrected chi connectivity index (χ1v) is 9.55. The number of fused-ring (bicyclic) bond motifs is 1. The molecule has 0 saturated carbocycles. The first kappa shape index (κ1) is 17.0. The van der Waals surface area contributed by atoms with Crippen molar-refractivity contribution in [2.45, 2.75) is 30.5 Å². The van der Waals surface area contributed by atoms with Crippen LogP contribution in [-0.4, -0.2) is 28.1 Å². The van der Waals surface area contributed by atoms with E-state index in [1.807, 2.05) is 32.2 Å². The molecule has 0 aliphatic rings. The molecule has 0 spiro atoms. The smallest absolute Gasteiger partial charge is 0.235 e. The van der Waals surface area contributed by atoms with Crippen molar-refractivity contribution >= 4 is 39.2 Å². The molecule has 0 aliphatic heterocycles. The van der Waals surface area contributed by atoms with Gasteiger partial charge in [0.2, 0.25) is 5.91 Å². The monoisotopic (exact) mass is 356 g/mol. The highest BCUT2D eigenvalue weighted by atomic mass is 32.2. The topological polar surface area (TPSA) is 33.2 Å². The van der Waals surface area contributed by atoms with Crippen molar-refractivity contribution in [2.75, 3.05) is 7.05 Å². The molecular weight excluding hydrogens is 336 g/mol. The van der Waals surface area contributed by atoms with Gasteiger partial charge in [-0.15, -0.1) is 23.1 Å². The van der Waals surface area contributed by atoms with Crippen molar-refractivity contribution in [3.8, 4) is 0 Å². The van der Waals surface area contributed by atoms with Crippen molar-refractivity contribution in [1.82, 2.24) is 9.88 Å². The SMILES string of the molecule is Cc1ccc(S[C@@H](C)C(=O)N(C)Cc2nc3ccccc3s2)cc1. The van der Waals surface area contributed by atoms with E-state index >= 15 is 0 Å². The molecule has 0 unspecified atom stereocenters. The maximum atomic E-state index is 12.6. The summed E-state index contributed by atoms with van der Waals surface area (Å²) in [6.45, 7) is 4.58. The third-order valence-electron chi connectivity index (χ3n) is 3.77. The van der Waals surface area contributed by atoms with Crippen molar-refractivity contribution in [3.05, 3.63) is 59.1 Å². The summed E-state index contributed by atoms with van der Waals surface area (Å²) < 4.78 is 1.16. The number of aryl methyl sites for hydroxylation is 1. The lowest BCUT2D eigenvalue weighted by Gasteiger charge is -2.20. The maximum Gasteiger partial charge on any atom is 0.235 e. The highest BCUT2D eigenvalue weighted by Gasteiger charge is 2.20. The van der Waals surface area contributed by atoms with E-state index in [4.69, 9.17) is 0 Å². The van der Waals surface area contributed by atoms with Gasteiger partial charge in [-0.1, -0.05) is 29.8 Å². The van der Waals surface area contributed by atoms with Crippen molar-refractivity contribution in [3.63, 3.8) is 0 Å². The van der Waals surface area contributed by atoms with Gasteiger partial charge >= 0.3 is 0 Å². The van der Waals surface area contributed by atoms with Crippen LogP contribution in [0.1, 0.15) is 17.5 Å². The molecule has 2 aromatic carbocycles. The summed E-state index contributed by atoms with van der Waals surface area (Å²) in [7, 11) is 1.85. The number of hydrogen-bond donors (Lipinski definition) is 0. The van der Waals surface area contributed by atoms with Crippen LogP contribution in [0.15, 0.2) is 53.4 Å². The molecule has 24 heavy (non-hydrogen) atoms. The molecule has 124 valence electrons. The Labute approximate surface area is 150 Å². The van der Waals surface area contributed by atoms with Gasteiger partial charge in [0.1, 0.15) is 5.01 Å². The molecule has 1 amide bonds. The Balaban J connectivity index is 1.63. The van der Waals surface area contributed by atoms with Crippen LogP contribution in [0.3, 0.4) is 0 Å². The van der Waals surface area contributed by atoms with Gasteiger partial charge in [-0.25, -0.2) is 4.98 Å². The van der Waals surface area contributed by atoms with Crippen molar-refractivity contribution < 1.29 is 4.79 Å². The van der Waals surface area contributed by atoms with E-state index in [0.717, 1.165) is 20.1 Å². The summed E-state index contributed by atoms with van der Waals surface area (Å²) in [5, 5.41) is 0.853. The molecule has 0 N–H and O–H groups in total. The lowest BCUT2D eigenvalue weighted by molar-refractivity contribution is -0.129. The van der Waals surface area contributed by atoms with E-state index in [9.17, 15) is 4.79 Å². The van der Waals surface area contributed by atoms with Gasteiger partial charge in [-0.05, 0) is 38.1 Å². The molecule has 1 atom stereocenters. The Morgan fingerprint density at radius 3 is 2.62 bits per heavy atom. The predicted molar refractivity (Wildman–Crippen MR) is 103 cm³/mol. The average Bonchev–Trinajstić information content (AvgIpc) is 2.98. The molecule has 1 aromatic heterocycles. The summed E-state index contributed by atoms with van der Waals surface area (Å²) >= 11 is 3.24. The van der Waals surface area contributed by atoms with E-state index in [-0.39, 0.29) is 11.2 Å². The largest absolute Gasteiger partial charge is 0.338 e. The zero-order valence-electron chi connectivity index (χ0n) is 14.0. The predicted octanol–water partition coefficient (Wildman–Crippen LogP) is 4.74. The normalized spacial score (nSPS) is 12.3. The zero-order valence-corrected chi connectivity index (χ0v) is 15.7. The molecular formula is C19H20N2OS2. The van der Waals surface area contributed by atoms with E-state index in [2.05, 4.69) is 42.2 Å². The van der Waals surface area contributed by atoms with Crippen LogP contribution in [0.5, 0.6) is 0 Å². The quantitative estimate of drug-likeness (QED) is 0.619. The second-order valence-corrected chi connectivity index (χ2v) is 8.37. The summed E-state index contributed by atoms with van der Waals surface area (Å²) in [5.74, 6) is 0.125. The van der Waals surface area contributed by atoms with Crippen LogP contribution in [0.4, 0.5) is 0 Å². The van der Waals surface area contributed by atoms with Crippen LogP contribution in [0.25, 0.3) is 10.2 Å². The van der Waals surface area contributed by atoms with Crippen molar-refractivity contribution in [2.24, 2.45) is 0 Å². The van der Waals surface area contributed by atoms with Gasteiger partial charge in [0.25, 0.3) is 0 Å². The first-order chi connectivity index (χ1) is 11.5. The van der Waals surface area contributed by atoms with Gasteiger partial charge in [0, 0.05) is 11.9 Å². The Morgan fingerprint density at radius 1 is 1.21 bits per heavy atom. The number of thiazole rings is 1. The molecule has 0 bridgehead atoms. The molecule has 3 rings (SSSR count). The fraction of sp³-hybridized carbons (Fsp3) is 0.263. The second kappa shape index (κ2) is 7.36. The molecule has 0 aliphatic carbocycles. The number of nitrogens with zero attached hydrogens (tertiary/aromatic N) is 2. The van der Waals surface area contributed by atoms with E-state index in [1.165, 1.54) is 5.56 Å². The molecule has 3 nitrogen and oxygen atoms in total. The molecule has 0 radical (unpaired) electrons. The van der Waals surface area contributed by atoms with E-state index in [1.54, 1.807) is 28.0 Å². The van der Waals surface area contributed by atoms with Crippen LogP contribution < -0.4 is 0 Å². The number of aromatic nitrogens is 1. The van der Waals surface area contributed by atoms with Crippen LogP contribution in [-0.2, 0) is 11.3 Å². The highest BCUT2D eigenvalue weighted by Crippen LogP contribution is 2.26. The van der Waals surface area contributed by atoms with E-state index in [0.29, 0.717) is 6.54 Å². The lowest BCUT2D eigenvalue weighted by atomic mass is 10.2. The fourth-order valence-corrected chi connectivity index (χ4v) is 4.45. The minimum absolute atomic E-state index is 0.118. The third kappa shape index (κ3) is 3.97. The maximum absolute atomic E-state index is 12.6. The second-order valence-electron chi connectivity index (χ2n) is 5.84. The molecule has 3 aromatic rings. The third-order valence-corrected chi connectivity index (χ3v) is 5.89. The Morgan fingerprint density at radius 2 is 1.92 bits per heavy atom. The summed E-state index contributed by atoms with van der Waals surface area (Å²) in [6, 6.07) is 16.4. The van der Waals surface area contributed by atoms with Gasteiger partial charge < -0.3 is 4.90 Å². The average molecular weight is 357 g/mol. The van der Waals surface area contributed by atoms with Gasteiger partial charge in [0.05, 0.1) is 22.0 Å². The number of carbonyl (C=O) groups is 1. The summed E-state index contributed by atoms with van der Waals surface area (Å²) in [5.41, 5.74) is 2.23. The summed E-state index contributed by atoms with van der Waals surface area (Å²) in [4.78, 5) is 20.1. The number of para-hydroxylation sites is 1. The minimum atomic E-state index is -0.118. The highest BCUT2D eigenvalue weighted by molar-refractivity contribution is 8.00. The molecule has 5 heteroatoms. The van der Waals surface area contributed by atoms with E-state index < -0.39 is 0 Å². The Bertz CT molecular complexity index is 809. The van der Waals surface area contributed by atoms with Gasteiger partial charge in [-0.3, -0.25) is 4.79 Å². The first-order valence-electron chi connectivity index (χ1n) is 7.85. The standard InChI is InChI=1S/C19H20N2OS2/c1-13-8-10-15(11-9-13)23-14(2)19(22)21(3)12-18-20-16-6-4-5-7-17(16)24-18/h4-11,14H,12H2,1-3H3/t14-/m0/s1. The zero-order chi connectivity index (χ0) is 17.1. The molecule has 0 fully saturated rings. The van der Waals surface area contributed by atoms with Crippen LogP contribution >= 0.6 is 23.1 Å². The van der Waals surface area contributed by atoms with Crippen LogP contribution in [0, 0.1) is 6.92 Å². The fourth-order valence-electron chi connectivity index (χ4n) is 2.45. The number of amides is 1.